The first-order valence-electron chi connectivity index (χ1n) is 10.9. The standard InChI is InChI=1S/C30H21Cl3O/c31-26-10-4-8-23(16-26)24-17-28(22-14-12-21(13-15-22)20-6-2-1-3-7-20)29(34)30(33,19-24)25-9-5-11-27(32)18-25/h1-19,29,34H. The van der Waals surface area contributed by atoms with Crippen molar-refractivity contribution in [2.75, 3.05) is 0 Å². The van der Waals surface area contributed by atoms with Crippen LogP contribution in [-0.4, -0.2) is 11.2 Å². The van der Waals surface area contributed by atoms with Gasteiger partial charge in [0, 0.05) is 10.0 Å². The van der Waals surface area contributed by atoms with E-state index in [0.29, 0.717) is 10.0 Å². The van der Waals surface area contributed by atoms with Crippen molar-refractivity contribution in [2.45, 2.75) is 11.0 Å². The van der Waals surface area contributed by atoms with Crippen LogP contribution in [0.15, 0.2) is 115 Å². The maximum Gasteiger partial charge on any atom is 0.118 e. The average Bonchev–Trinajstić information content (AvgIpc) is 2.86. The van der Waals surface area contributed by atoms with E-state index in [0.717, 1.165) is 39.0 Å². The number of aliphatic hydroxyl groups is 1. The lowest BCUT2D eigenvalue weighted by Gasteiger charge is -2.36. The quantitative estimate of drug-likeness (QED) is 0.276. The molecular formula is C30H21Cl3O. The van der Waals surface area contributed by atoms with E-state index in [-0.39, 0.29) is 0 Å². The van der Waals surface area contributed by atoms with Gasteiger partial charge in [-0.1, -0.05) is 102 Å². The second kappa shape index (κ2) is 9.44. The molecule has 0 bridgehead atoms. The summed E-state index contributed by atoms with van der Waals surface area (Å²) in [6.07, 6.45) is 2.88. The van der Waals surface area contributed by atoms with Crippen LogP contribution in [0.4, 0.5) is 0 Å². The van der Waals surface area contributed by atoms with Crippen molar-refractivity contribution in [3.8, 4) is 11.1 Å². The van der Waals surface area contributed by atoms with Gasteiger partial charge in [0.25, 0.3) is 0 Å². The van der Waals surface area contributed by atoms with Crippen molar-refractivity contribution in [3.63, 3.8) is 0 Å². The zero-order valence-corrected chi connectivity index (χ0v) is 20.4. The van der Waals surface area contributed by atoms with Crippen molar-refractivity contribution in [3.05, 3.63) is 142 Å². The Labute approximate surface area is 214 Å². The third kappa shape index (κ3) is 4.45. The van der Waals surface area contributed by atoms with Crippen LogP contribution in [0.2, 0.25) is 10.0 Å². The number of allylic oxidation sites excluding steroid dienone is 2. The van der Waals surface area contributed by atoms with Gasteiger partial charge in [-0.3, -0.25) is 0 Å². The van der Waals surface area contributed by atoms with E-state index in [1.165, 1.54) is 0 Å². The van der Waals surface area contributed by atoms with Crippen molar-refractivity contribution < 1.29 is 5.11 Å². The summed E-state index contributed by atoms with van der Waals surface area (Å²) in [7, 11) is 0. The van der Waals surface area contributed by atoms with E-state index in [2.05, 4.69) is 24.3 Å². The average molecular weight is 504 g/mol. The van der Waals surface area contributed by atoms with E-state index in [1.54, 1.807) is 12.1 Å². The Balaban J connectivity index is 1.63. The minimum absolute atomic E-state index is 0.561. The van der Waals surface area contributed by atoms with Gasteiger partial charge in [0.2, 0.25) is 0 Å². The first-order chi connectivity index (χ1) is 16.4. The fourth-order valence-corrected chi connectivity index (χ4v) is 5.08. The topological polar surface area (TPSA) is 20.2 Å². The molecule has 0 saturated carbocycles. The zero-order chi connectivity index (χ0) is 23.7. The fraction of sp³-hybridized carbons (Fsp3) is 0.0667. The Morgan fingerprint density at radius 2 is 1.21 bits per heavy atom. The number of rotatable bonds is 4. The highest BCUT2D eigenvalue weighted by molar-refractivity contribution is 6.32. The van der Waals surface area contributed by atoms with E-state index in [9.17, 15) is 5.11 Å². The molecule has 0 fully saturated rings. The summed E-state index contributed by atoms with van der Waals surface area (Å²) >= 11 is 19.8. The van der Waals surface area contributed by atoms with Gasteiger partial charge in [-0.25, -0.2) is 0 Å². The van der Waals surface area contributed by atoms with Gasteiger partial charge in [0.05, 0.1) is 0 Å². The number of aliphatic hydroxyl groups excluding tert-OH is 1. The highest BCUT2D eigenvalue weighted by atomic mass is 35.5. The van der Waals surface area contributed by atoms with Crippen LogP contribution in [0.1, 0.15) is 16.7 Å². The van der Waals surface area contributed by atoms with Crippen LogP contribution in [0, 0.1) is 0 Å². The first-order valence-corrected chi connectivity index (χ1v) is 12.1. The minimum atomic E-state index is -1.20. The predicted molar refractivity (Wildman–Crippen MR) is 144 cm³/mol. The molecule has 1 aliphatic carbocycles. The number of benzene rings is 4. The van der Waals surface area contributed by atoms with Gasteiger partial charge >= 0.3 is 0 Å². The highest BCUT2D eigenvalue weighted by Gasteiger charge is 2.41. The van der Waals surface area contributed by atoms with Crippen LogP contribution in [0.3, 0.4) is 0 Å². The molecule has 168 valence electrons. The van der Waals surface area contributed by atoms with E-state index in [1.807, 2.05) is 78.9 Å². The number of hydrogen-bond acceptors (Lipinski definition) is 1. The molecule has 0 aliphatic heterocycles. The maximum absolute atomic E-state index is 11.6. The molecule has 1 nitrogen and oxygen atoms in total. The number of hydrogen-bond donors (Lipinski definition) is 1. The third-order valence-electron chi connectivity index (χ3n) is 6.12. The zero-order valence-electron chi connectivity index (χ0n) is 18.1. The van der Waals surface area contributed by atoms with Crippen molar-refractivity contribution in [1.82, 2.24) is 0 Å². The number of halogens is 3. The molecule has 4 aromatic rings. The molecule has 4 heteroatoms. The second-order valence-corrected chi connectivity index (χ2v) is 9.83. The summed E-state index contributed by atoms with van der Waals surface area (Å²) in [6.45, 7) is 0. The van der Waals surface area contributed by atoms with Crippen LogP contribution in [-0.2, 0) is 4.87 Å². The molecule has 1 aliphatic rings. The molecule has 2 atom stereocenters. The van der Waals surface area contributed by atoms with Crippen LogP contribution >= 0.6 is 34.8 Å². The molecular weight excluding hydrogens is 483 g/mol. The summed E-state index contributed by atoms with van der Waals surface area (Å²) in [6, 6.07) is 33.3. The molecule has 5 rings (SSSR count). The maximum atomic E-state index is 11.6. The van der Waals surface area contributed by atoms with Crippen LogP contribution < -0.4 is 0 Å². The molecule has 4 aromatic carbocycles. The van der Waals surface area contributed by atoms with E-state index >= 15 is 0 Å². The first kappa shape index (κ1) is 23.0. The molecule has 2 unspecified atom stereocenters. The third-order valence-corrected chi connectivity index (χ3v) is 7.12. The Morgan fingerprint density at radius 1 is 0.618 bits per heavy atom. The molecule has 0 saturated heterocycles. The van der Waals surface area contributed by atoms with Gasteiger partial charge in [-0.05, 0) is 75.4 Å². The second-order valence-electron chi connectivity index (χ2n) is 8.33. The molecule has 0 heterocycles. The molecule has 34 heavy (non-hydrogen) atoms. The summed E-state index contributed by atoms with van der Waals surface area (Å²) in [5, 5.41) is 12.8. The largest absolute Gasteiger partial charge is 0.386 e. The molecule has 0 aromatic heterocycles. The molecule has 1 N–H and O–H groups in total. The lowest BCUT2D eigenvalue weighted by atomic mass is 9.78. The highest BCUT2D eigenvalue weighted by Crippen LogP contribution is 2.47. The smallest absolute Gasteiger partial charge is 0.118 e. The van der Waals surface area contributed by atoms with Gasteiger partial charge in [0.15, 0.2) is 0 Å². The van der Waals surface area contributed by atoms with Crippen molar-refractivity contribution in [2.24, 2.45) is 0 Å². The number of alkyl halides is 1. The van der Waals surface area contributed by atoms with Crippen molar-refractivity contribution >= 4 is 45.9 Å². The van der Waals surface area contributed by atoms with E-state index in [4.69, 9.17) is 34.8 Å². The monoisotopic (exact) mass is 502 g/mol. The Bertz CT molecular complexity index is 1390. The van der Waals surface area contributed by atoms with Gasteiger partial charge in [-0.2, -0.15) is 0 Å². The van der Waals surface area contributed by atoms with Gasteiger partial charge in [0.1, 0.15) is 11.0 Å². The summed E-state index contributed by atoms with van der Waals surface area (Å²) < 4.78 is 0. The molecule has 0 spiro atoms. The van der Waals surface area contributed by atoms with E-state index < -0.39 is 11.0 Å². The summed E-state index contributed by atoms with van der Waals surface area (Å²) in [5.74, 6) is 0. The Kier molecular flexibility index (Phi) is 6.38. The lowest BCUT2D eigenvalue weighted by Crippen LogP contribution is -2.35. The van der Waals surface area contributed by atoms with Gasteiger partial charge in [-0.15, -0.1) is 11.6 Å². The SMILES string of the molecule is OC1C(c2ccc(-c3ccccc3)cc2)=CC(c2cccc(Cl)c2)=CC1(Cl)c1cccc(Cl)c1. The lowest BCUT2D eigenvalue weighted by molar-refractivity contribution is 0.199. The van der Waals surface area contributed by atoms with Crippen LogP contribution in [0.5, 0.6) is 0 Å². The van der Waals surface area contributed by atoms with Gasteiger partial charge < -0.3 is 5.11 Å². The van der Waals surface area contributed by atoms with Crippen LogP contribution in [0.25, 0.3) is 22.3 Å². The normalized spacial score (nSPS) is 19.9. The molecule has 0 radical (unpaired) electrons. The minimum Gasteiger partial charge on any atom is -0.386 e. The molecule has 0 amide bonds. The predicted octanol–water partition coefficient (Wildman–Crippen LogP) is 8.64. The Morgan fingerprint density at radius 3 is 1.88 bits per heavy atom. The fourth-order valence-electron chi connectivity index (χ4n) is 4.35. The Hall–Kier alpha value is -2.81. The summed E-state index contributed by atoms with van der Waals surface area (Å²) in [5.41, 5.74) is 6.39. The van der Waals surface area contributed by atoms with Crippen molar-refractivity contribution in [1.29, 1.82) is 0 Å². The summed E-state index contributed by atoms with van der Waals surface area (Å²) in [4.78, 5) is -1.20.